The van der Waals surface area contributed by atoms with Gasteiger partial charge in [0.25, 0.3) is 0 Å². The summed E-state index contributed by atoms with van der Waals surface area (Å²) in [5, 5.41) is 2.81. The zero-order chi connectivity index (χ0) is 20.5. The van der Waals surface area contributed by atoms with Crippen LogP contribution < -0.4 is 5.32 Å². The molecule has 0 aromatic heterocycles. The molecule has 1 N–H and O–H groups in total. The summed E-state index contributed by atoms with van der Waals surface area (Å²) in [4.78, 5) is 37.5. The van der Waals surface area contributed by atoms with E-state index in [1.807, 2.05) is 0 Å². The SMILES string of the molecule is CC(=O)NCCSC1=C(C(=O)c2ccc3c(c2Cl)CCS3(=O)=O)C(=O)CCC1. The lowest BCUT2D eigenvalue weighted by molar-refractivity contribution is -0.119. The van der Waals surface area contributed by atoms with Crippen LogP contribution in [0.5, 0.6) is 0 Å². The third-order valence-electron chi connectivity index (χ3n) is 4.75. The molecule has 0 saturated carbocycles. The minimum absolute atomic E-state index is 0.0222. The molecule has 0 saturated heterocycles. The molecule has 1 aromatic carbocycles. The maximum atomic E-state index is 13.1. The molecule has 0 unspecified atom stereocenters. The van der Waals surface area contributed by atoms with Crippen molar-refractivity contribution in [2.75, 3.05) is 18.1 Å². The molecular formula is C19H20ClNO5S2. The van der Waals surface area contributed by atoms with Crippen molar-refractivity contribution in [1.29, 1.82) is 0 Å². The molecule has 0 bridgehead atoms. The maximum Gasteiger partial charge on any atom is 0.216 e. The number of thioether (sulfide) groups is 1. The number of carbonyl (C=O) groups excluding carboxylic acids is 3. The molecule has 1 amide bonds. The highest BCUT2D eigenvalue weighted by atomic mass is 35.5. The molecule has 0 spiro atoms. The third-order valence-corrected chi connectivity index (χ3v) is 8.14. The van der Waals surface area contributed by atoms with Crippen molar-refractivity contribution in [3.8, 4) is 0 Å². The van der Waals surface area contributed by atoms with Crippen LogP contribution >= 0.6 is 23.4 Å². The summed E-state index contributed by atoms with van der Waals surface area (Å²) in [6.45, 7) is 1.87. The Hall–Kier alpha value is -1.64. The van der Waals surface area contributed by atoms with E-state index in [1.165, 1.54) is 30.8 Å². The molecule has 3 rings (SSSR count). The minimum atomic E-state index is -3.35. The van der Waals surface area contributed by atoms with Crippen molar-refractivity contribution in [2.45, 2.75) is 37.5 Å². The molecule has 0 radical (unpaired) electrons. The average molecular weight is 442 g/mol. The summed E-state index contributed by atoms with van der Waals surface area (Å²) in [5.41, 5.74) is 0.765. The Bertz CT molecular complexity index is 998. The number of halogens is 1. The molecular weight excluding hydrogens is 422 g/mol. The topological polar surface area (TPSA) is 97.4 Å². The lowest BCUT2D eigenvalue weighted by Crippen LogP contribution is -2.23. The van der Waals surface area contributed by atoms with Crippen LogP contribution in [0.15, 0.2) is 27.5 Å². The number of amides is 1. The van der Waals surface area contributed by atoms with Crippen molar-refractivity contribution >= 4 is 50.7 Å². The number of nitrogens with one attached hydrogen (secondary N) is 1. The number of fused-ring (bicyclic) bond motifs is 1. The van der Waals surface area contributed by atoms with Gasteiger partial charge in [-0.3, -0.25) is 14.4 Å². The predicted octanol–water partition coefficient (Wildman–Crippen LogP) is 2.73. The molecule has 150 valence electrons. The summed E-state index contributed by atoms with van der Waals surface area (Å²) >= 11 is 7.77. The van der Waals surface area contributed by atoms with Gasteiger partial charge < -0.3 is 5.32 Å². The van der Waals surface area contributed by atoms with Gasteiger partial charge in [0.2, 0.25) is 5.91 Å². The van der Waals surface area contributed by atoms with Crippen LogP contribution in [-0.2, 0) is 25.8 Å². The monoisotopic (exact) mass is 441 g/mol. The predicted molar refractivity (Wildman–Crippen MR) is 109 cm³/mol. The molecule has 0 fully saturated rings. The Balaban J connectivity index is 1.92. The Morgan fingerprint density at radius 3 is 2.68 bits per heavy atom. The molecule has 1 aliphatic carbocycles. The van der Waals surface area contributed by atoms with Crippen molar-refractivity contribution in [3.63, 3.8) is 0 Å². The average Bonchev–Trinajstić information content (AvgIpc) is 2.94. The number of allylic oxidation sites excluding steroid dienone is 2. The van der Waals surface area contributed by atoms with Crippen LogP contribution in [0.2, 0.25) is 5.02 Å². The van der Waals surface area contributed by atoms with E-state index in [0.717, 1.165) is 0 Å². The Morgan fingerprint density at radius 1 is 1.21 bits per heavy atom. The van der Waals surface area contributed by atoms with Crippen LogP contribution in [0.4, 0.5) is 0 Å². The molecule has 1 aromatic rings. The molecule has 6 nitrogen and oxygen atoms in total. The highest BCUT2D eigenvalue weighted by Gasteiger charge is 2.33. The van der Waals surface area contributed by atoms with Crippen molar-refractivity contribution < 1.29 is 22.8 Å². The van der Waals surface area contributed by atoms with Crippen LogP contribution in [0.25, 0.3) is 0 Å². The number of benzene rings is 1. The smallest absolute Gasteiger partial charge is 0.216 e. The van der Waals surface area contributed by atoms with E-state index in [0.29, 0.717) is 42.0 Å². The third kappa shape index (κ3) is 4.18. The first-order valence-electron chi connectivity index (χ1n) is 8.95. The van der Waals surface area contributed by atoms with Gasteiger partial charge in [0.1, 0.15) is 0 Å². The molecule has 9 heteroatoms. The first-order chi connectivity index (χ1) is 13.2. The maximum absolute atomic E-state index is 13.1. The second-order valence-electron chi connectivity index (χ2n) is 6.71. The largest absolute Gasteiger partial charge is 0.356 e. The van der Waals surface area contributed by atoms with Crippen LogP contribution in [0, 0.1) is 0 Å². The van der Waals surface area contributed by atoms with E-state index in [1.54, 1.807) is 0 Å². The van der Waals surface area contributed by atoms with Crippen LogP contribution in [-0.4, -0.2) is 43.9 Å². The van der Waals surface area contributed by atoms with E-state index < -0.39 is 15.6 Å². The Morgan fingerprint density at radius 2 is 1.96 bits per heavy atom. The van der Waals surface area contributed by atoms with Crippen molar-refractivity contribution in [3.05, 3.63) is 38.8 Å². The van der Waals surface area contributed by atoms with Crippen molar-refractivity contribution in [2.24, 2.45) is 0 Å². The fourth-order valence-electron chi connectivity index (χ4n) is 3.40. The van der Waals surface area contributed by atoms with Gasteiger partial charge >= 0.3 is 0 Å². The van der Waals surface area contributed by atoms with Gasteiger partial charge in [-0.15, -0.1) is 11.8 Å². The van der Waals surface area contributed by atoms with E-state index in [2.05, 4.69) is 5.32 Å². The van der Waals surface area contributed by atoms with E-state index in [4.69, 9.17) is 11.6 Å². The van der Waals surface area contributed by atoms with Gasteiger partial charge in [-0.2, -0.15) is 0 Å². The lowest BCUT2D eigenvalue weighted by atomic mass is 9.91. The van der Waals surface area contributed by atoms with Gasteiger partial charge in [-0.25, -0.2) is 8.42 Å². The second kappa shape index (κ2) is 8.39. The molecule has 0 atom stereocenters. The quantitative estimate of drug-likeness (QED) is 0.414. The van der Waals surface area contributed by atoms with Gasteiger partial charge in [0, 0.05) is 31.2 Å². The first-order valence-corrected chi connectivity index (χ1v) is 12.0. The van der Waals surface area contributed by atoms with E-state index in [-0.39, 0.29) is 44.9 Å². The summed E-state index contributed by atoms with van der Waals surface area (Å²) < 4.78 is 24.1. The van der Waals surface area contributed by atoms with Gasteiger partial charge in [0.15, 0.2) is 21.4 Å². The fourth-order valence-corrected chi connectivity index (χ4v) is 6.44. The normalized spacial score (nSPS) is 18.1. The molecule has 1 heterocycles. The number of hydrogen-bond donors (Lipinski definition) is 1. The van der Waals surface area contributed by atoms with Crippen molar-refractivity contribution in [1.82, 2.24) is 5.32 Å². The van der Waals surface area contributed by atoms with E-state index >= 15 is 0 Å². The summed E-state index contributed by atoms with van der Waals surface area (Å²) in [6.07, 6.45) is 1.86. The summed E-state index contributed by atoms with van der Waals surface area (Å²) in [7, 11) is -3.35. The Labute approximate surface area is 173 Å². The zero-order valence-corrected chi connectivity index (χ0v) is 17.7. The highest BCUT2D eigenvalue weighted by molar-refractivity contribution is 8.03. The first kappa shape index (κ1) is 21.1. The summed E-state index contributed by atoms with van der Waals surface area (Å²) in [6, 6.07) is 2.81. The van der Waals surface area contributed by atoms with E-state index in [9.17, 15) is 22.8 Å². The zero-order valence-electron chi connectivity index (χ0n) is 15.3. The molecule has 2 aliphatic rings. The van der Waals surface area contributed by atoms with Gasteiger partial charge in [-0.05, 0) is 41.9 Å². The number of hydrogen-bond acceptors (Lipinski definition) is 6. The van der Waals surface area contributed by atoms with Crippen LogP contribution in [0.3, 0.4) is 0 Å². The molecule has 1 aliphatic heterocycles. The number of rotatable bonds is 6. The standard InChI is InChI=1S/C19H20ClNO5S2/c1-11(22)21-8-9-27-15-4-2-3-14(23)17(15)19(24)13-5-6-16-12(18(13)20)7-10-28(16,25)26/h5-6H,2-4,7-10H2,1H3,(H,21,22). The summed E-state index contributed by atoms with van der Waals surface area (Å²) in [5.74, 6) is -0.280. The number of Topliss-reactive ketones (excluding diaryl/α,β-unsaturated/α-hetero) is 2. The Kier molecular flexibility index (Phi) is 6.31. The molecule has 28 heavy (non-hydrogen) atoms. The second-order valence-corrected chi connectivity index (χ2v) is 10.4. The van der Waals surface area contributed by atoms with Gasteiger partial charge in [-0.1, -0.05) is 11.6 Å². The fraction of sp³-hybridized carbons (Fsp3) is 0.421. The van der Waals surface area contributed by atoms with Gasteiger partial charge in [0.05, 0.1) is 21.2 Å². The number of carbonyl (C=O) groups is 3. The number of ketones is 2. The highest BCUT2D eigenvalue weighted by Crippen LogP contribution is 2.38. The number of sulfone groups is 1. The lowest BCUT2D eigenvalue weighted by Gasteiger charge is -2.19. The minimum Gasteiger partial charge on any atom is -0.356 e. The van der Waals surface area contributed by atoms with Crippen LogP contribution in [0.1, 0.15) is 42.1 Å².